The summed E-state index contributed by atoms with van der Waals surface area (Å²) in [5.74, 6) is 0.246. The van der Waals surface area contributed by atoms with Crippen molar-refractivity contribution in [3.8, 4) is 0 Å². The average molecular weight is 256 g/mol. The minimum atomic E-state index is 0.246. The van der Waals surface area contributed by atoms with Crippen LogP contribution < -0.4 is 0 Å². The quantitative estimate of drug-likeness (QED) is 0.839. The molecule has 1 unspecified atom stereocenters. The van der Waals surface area contributed by atoms with Crippen molar-refractivity contribution in [3.05, 3.63) is 42.6 Å². The minimum Gasteiger partial charge on any atom is -0.350 e. The van der Waals surface area contributed by atoms with Gasteiger partial charge in [-0.15, -0.1) is 0 Å². The van der Waals surface area contributed by atoms with Gasteiger partial charge in [-0.3, -0.25) is 4.79 Å². The lowest BCUT2D eigenvalue weighted by Crippen LogP contribution is -2.50. The third kappa shape index (κ3) is 1.42. The molecule has 90 valence electrons. The van der Waals surface area contributed by atoms with E-state index in [0.717, 1.165) is 0 Å². The fourth-order valence-corrected chi connectivity index (χ4v) is 3.79. The van der Waals surface area contributed by atoms with Crippen LogP contribution in [-0.2, 0) is 4.79 Å². The SMILES string of the molecule is O=C1C[C@H]2C(Sc3cc4ccccc4[nH]3)C=CN12. The van der Waals surface area contributed by atoms with E-state index in [-0.39, 0.29) is 5.91 Å². The van der Waals surface area contributed by atoms with Gasteiger partial charge in [0.05, 0.1) is 16.3 Å². The van der Waals surface area contributed by atoms with E-state index in [4.69, 9.17) is 0 Å². The van der Waals surface area contributed by atoms with E-state index in [9.17, 15) is 4.79 Å². The van der Waals surface area contributed by atoms with Gasteiger partial charge in [0.1, 0.15) is 0 Å². The minimum absolute atomic E-state index is 0.246. The predicted molar refractivity (Wildman–Crippen MR) is 72.3 cm³/mol. The first kappa shape index (κ1) is 10.3. The number of amides is 1. The van der Waals surface area contributed by atoms with E-state index in [0.29, 0.717) is 17.7 Å². The molecule has 0 bridgehead atoms. The van der Waals surface area contributed by atoms with Crippen LogP contribution in [0.3, 0.4) is 0 Å². The number of benzene rings is 1. The maximum atomic E-state index is 11.3. The molecule has 2 aromatic rings. The summed E-state index contributed by atoms with van der Waals surface area (Å²) in [5, 5.41) is 2.80. The van der Waals surface area contributed by atoms with E-state index in [1.807, 2.05) is 23.2 Å². The molecular formula is C14H12N2OS. The molecule has 4 rings (SSSR count). The monoisotopic (exact) mass is 256 g/mol. The van der Waals surface area contributed by atoms with Crippen molar-refractivity contribution in [1.29, 1.82) is 0 Å². The zero-order valence-electron chi connectivity index (χ0n) is 9.67. The Morgan fingerprint density at radius 2 is 2.22 bits per heavy atom. The van der Waals surface area contributed by atoms with Crippen LogP contribution in [-0.4, -0.2) is 27.1 Å². The fourth-order valence-electron chi connectivity index (χ4n) is 2.60. The molecule has 3 nitrogen and oxygen atoms in total. The number of hydrogen-bond donors (Lipinski definition) is 1. The first-order valence-corrected chi connectivity index (χ1v) is 6.93. The molecule has 0 saturated carbocycles. The second-order valence-corrected chi connectivity index (χ2v) is 5.94. The lowest BCUT2D eigenvalue weighted by Gasteiger charge is -2.36. The number of nitrogens with one attached hydrogen (secondary N) is 1. The lowest BCUT2D eigenvalue weighted by atomic mass is 10.0. The van der Waals surface area contributed by atoms with E-state index in [1.165, 1.54) is 15.9 Å². The Morgan fingerprint density at radius 3 is 3.00 bits per heavy atom. The number of β-lactam (4-membered cyclic amide) rings is 1. The number of carbonyl (C=O) groups excluding carboxylic acids is 1. The van der Waals surface area contributed by atoms with Gasteiger partial charge < -0.3 is 9.88 Å². The number of aromatic amines is 1. The Balaban J connectivity index is 1.58. The summed E-state index contributed by atoms with van der Waals surface area (Å²) in [5.41, 5.74) is 1.17. The summed E-state index contributed by atoms with van der Waals surface area (Å²) in [6.07, 6.45) is 4.74. The van der Waals surface area contributed by atoms with Gasteiger partial charge in [0, 0.05) is 23.5 Å². The van der Waals surface area contributed by atoms with Gasteiger partial charge in [-0.2, -0.15) is 0 Å². The number of carbonyl (C=O) groups is 1. The van der Waals surface area contributed by atoms with Crippen molar-refractivity contribution < 1.29 is 4.79 Å². The molecule has 2 atom stereocenters. The number of aromatic nitrogens is 1. The molecule has 1 aromatic heterocycles. The molecule has 2 aliphatic heterocycles. The van der Waals surface area contributed by atoms with Crippen LogP contribution in [0.5, 0.6) is 0 Å². The summed E-state index contributed by atoms with van der Waals surface area (Å²) in [6.45, 7) is 0. The van der Waals surface area contributed by atoms with Crippen LogP contribution in [0.2, 0.25) is 0 Å². The van der Waals surface area contributed by atoms with Crippen LogP contribution in [0.25, 0.3) is 10.9 Å². The number of para-hydroxylation sites is 1. The van der Waals surface area contributed by atoms with Crippen molar-refractivity contribution in [2.24, 2.45) is 0 Å². The number of thioether (sulfide) groups is 1. The van der Waals surface area contributed by atoms with Gasteiger partial charge in [0.2, 0.25) is 5.91 Å². The normalized spacial score (nSPS) is 25.6. The number of hydrogen-bond acceptors (Lipinski definition) is 2. The largest absolute Gasteiger partial charge is 0.350 e. The fraction of sp³-hybridized carbons (Fsp3) is 0.214. The highest BCUT2D eigenvalue weighted by atomic mass is 32.2. The predicted octanol–water partition coefficient (Wildman–Crippen LogP) is 2.76. The Hall–Kier alpha value is -1.68. The van der Waals surface area contributed by atoms with E-state index >= 15 is 0 Å². The van der Waals surface area contributed by atoms with Crippen molar-refractivity contribution in [2.75, 3.05) is 0 Å². The molecule has 1 aromatic carbocycles. The molecule has 1 N–H and O–H groups in total. The molecule has 1 saturated heterocycles. The summed E-state index contributed by atoms with van der Waals surface area (Å²) >= 11 is 1.81. The standard InChI is InChI=1S/C14H12N2OS/c17-14-8-11-12(5-6-16(11)14)18-13-7-9-3-1-2-4-10(9)15-13/h1-7,11-12,15H,8H2/t11-,12?/m0/s1. The van der Waals surface area contributed by atoms with Gasteiger partial charge in [-0.05, 0) is 12.1 Å². The molecule has 0 radical (unpaired) electrons. The molecule has 0 spiro atoms. The Labute approximate surface area is 109 Å². The number of rotatable bonds is 2. The van der Waals surface area contributed by atoms with E-state index < -0.39 is 0 Å². The Bertz CT molecular complexity index is 628. The van der Waals surface area contributed by atoms with Crippen molar-refractivity contribution in [2.45, 2.75) is 22.7 Å². The molecular weight excluding hydrogens is 244 g/mol. The zero-order chi connectivity index (χ0) is 12.1. The van der Waals surface area contributed by atoms with Gasteiger partial charge in [0.25, 0.3) is 0 Å². The number of nitrogens with zero attached hydrogens (tertiary/aromatic N) is 1. The highest BCUT2D eigenvalue weighted by molar-refractivity contribution is 8.00. The molecule has 18 heavy (non-hydrogen) atoms. The van der Waals surface area contributed by atoms with Crippen LogP contribution >= 0.6 is 11.8 Å². The molecule has 1 amide bonds. The average Bonchev–Trinajstić information content (AvgIpc) is 2.90. The van der Waals surface area contributed by atoms with Gasteiger partial charge in [-0.1, -0.05) is 36.0 Å². The summed E-state index contributed by atoms with van der Waals surface area (Å²) < 4.78 is 0. The van der Waals surface area contributed by atoms with Gasteiger partial charge >= 0.3 is 0 Å². The highest BCUT2D eigenvalue weighted by Crippen LogP contribution is 2.39. The first-order valence-electron chi connectivity index (χ1n) is 6.05. The third-order valence-electron chi connectivity index (χ3n) is 3.61. The summed E-state index contributed by atoms with van der Waals surface area (Å²) in [7, 11) is 0. The summed E-state index contributed by atoms with van der Waals surface area (Å²) in [6, 6.07) is 10.8. The van der Waals surface area contributed by atoms with Crippen molar-refractivity contribution >= 4 is 28.6 Å². The van der Waals surface area contributed by atoms with Crippen molar-refractivity contribution in [1.82, 2.24) is 9.88 Å². The molecule has 3 heterocycles. The maximum absolute atomic E-state index is 11.3. The van der Waals surface area contributed by atoms with Crippen LogP contribution in [0.1, 0.15) is 6.42 Å². The second-order valence-electron chi connectivity index (χ2n) is 4.72. The Morgan fingerprint density at radius 1 is 1.33 bits per heavy atom. The molecule has 1 fully saturated rings. The summed E-state index contributed by atoms with van der Waals surface area (Å²) in [4.78, 5) is 16.6. The first-order chi connectivity index (χ1) is 8.81. The smallest absolute Gasteiger partial charge is 0.228 e. The second kappa shape index (κ2) is 3.65. The topological polar surface area (TPSA) is 36.1 Å². The van der Waals surface area contributed by atoms with Crippen molar-refractivity contribution in [3.63, 3.8) is 0 Å². The molecule has 0 aliphatic carbocycles. The number of H-pyrrole nitrogens is 1. The maximum Gasteiger partial charge on any atom is 0.228 e. The number of fused-ring (bicyclic) bond motifs is 2. The van der Waals surface area contributed by atoms with Crippen LogP contribution in [0, 0.1) is 0 Å². The van der Waals surface area contributed by atoms with Crippen LogP contribution in [0.4, 0.5) is 0 Å². The highest BCUT2D eigenvalue weighted by Gasteiger charge is 2.43. The van der Waals surface area contributed by atoms with Crippen LogP contribution in [0.15, 0.2) is 47.6 Å². The Kier molecular flexibility index (Phi) is 2.08. The zero-order valence-corrected chi connectivity index (χ0v) is 10.5. The van der Waals surface area contributed by atoms with Gasteiger partial charge in [0.15, 0.2) is 0 Å². The molecule has 2 aliphatic rings. The van der Waals surface area contributed by atoms with Gasteiger partial charge in [-0.25, -0.2) is 0 Å². The third-order valence-corrected chi connectivity index (χ3v) is 4.83. The lowest BCUT2D eigenvalue weighted by molar-refractivity contribution is -0.139. The van der Waals surface area contributed by atoms with E-state index in [2.05, 4.69) is 29.3 Å². The molecule has 4 heteroatoms. The van der Waals surface area contributed by atoms with E-state index in [1.54, 1.807) is 11.8 Å².